The Kier molecular flexibility index (Phi) is 5.98. The minimum Gasteiger partial charge on any atom is -0.497 e. The van der Waals surface area contributed by atoms with Crippen molar-refractivity contribution in [1.29, 1.82) is 5.26 Å². The number of ether oxygens (including phenoxy) is 1. The van der Waals surface area contributed by atoms with Crippen LogP contribution >= 0.6 is 0 Å². The van der Waals surface area contributed by atoms with Gasteiger partial charge in [-0.2, -0.15) is 5.26 Å². The molecule has 0 fully saturated rings. The minimum atomic E-state index is -0.516. The molecular formula is C19H20N4O4. The number of methoxy groups -OCH3 is 1. The van der Waals surface area contributed by atoms with E-state index in [1.807, 2.05) is 6.07 Å². The summed E-state index contributed by atoms with van der Waals surface area (Å²) in [4.78, 5) is 36.3. The maximum atomic E-state index is 12.5. The lowest BCUT2D eigenvalue weighted by Crippen LogP contribution is -2.31. The Balaban J connectivity index is 2.33. The standard InChI is InChI=1S/C19H20N4O4/c1-11-7-12(2)23(19(26)15(11)9-20)10-18(25)22-17-8-14(27-4)5-6-16(17)21-13(3)24/h5-8H,10H2,1-4H3,(H,21,24)(H,22,25). The number of nitrogens with one attached hydrogen (secondary N) is 2. The SMILES string of the molecule is COc1ccc(NC(C)=O)c(NC(=O)Cn2c(C)cc(C)c(C#N)c2=O)c1. The van der Waals surface area contributed by atoms with E-state index in [1.54, 1.807) is 38.1 Å². The third-order valence-corrected chi connectivity index (χ3v) is 3.93. The van der Waals surface area contributed by atoms with Crippen LogP contribution in [0.1, 0.15) is 23.7 Å². The molecule has 8 nitrogen and oxygen atoms in total. The summed E-state index contributed by atoms with van der Waals surface area (Å²) in [6.07, 6.45) is 0. The summed E-state index contributed by atoms with van der Waals surface area (Å²) in [5, 5.41) is 14.4. The number of aryl methyl sites for hydroxylation is 2. The highest BCUT2D eigenvalue weighted by atomic mass is 16.5. The number of aromatic nitrogens is 1. The molecule has 2 rings (SSSR count). The zero-order valence-corrected chi connectivity index (χ0v) is 15.5. The number of hydrogen-bond acceptors (Lipinski definition) is 5. The average Bonchev–Trinajstić information content (AvgIpc) is 2.60. The third-order valence-electron chi connectivity index (χ3n) is 3.93. The molecule has 2 amide bonds. The molecule has 0 unspecified atom stereocenters. The van der Waals surface area contributed by atoms with E-state index < -0.39 is 11.5 Å². The summed E-state index contributed by atoms with van der Waals surface area (Å²) in [6, 6.07) is 8.37. The predicted octanol–water partition coefficient (Wildman–Crippen LogP) is 1.94. The van der Waals surface area contributed by atoms with Crippen LogP contribution in [0.5, 0.6) is 5.75 Å². The third kappa shape index (κ3) is 4.52. The van der Waals surface area contributed by atoms with Gasteiger partial charge in [0.2, 0.25) is 11.8 Å². The van der Waals surface area contributed by atoms with Gasteiger partial charge in [0.15, 0.2) is 0 Å². The molecule has 8 heteroatoms. The second-order valence-corrected chi connectivity index (χ2v) is 5.99. The van der Waals surface area contributed by atoms with Gasteiger partial charge >= 0.3 is 0 Å². The van der Waals surface area contributed by atoms with E-state index in [9.17, 15) is 14.4 Å². The molecule has 0 saturated carbocycles. The number of hydrogen-bond donors (Lipinski definition) is 2. The Morgan fingerprint density at radius 3 is 2.48 bits per heavy atom. The molecule has 2 aromatic rings. The van der Waals surface area contributed by atoms with Crippen LogP contribution in [0.15, 0.2) is 29.1 Å². The minimum absolute atomic E-state index is 0.00807. The van der Waals surface area contributed by atoms with Crippen LogP contribution in [-0.2, 0) is 16.1 Å². The molecule has 1 heterocycles. The van der Waals surface area contributed by atoms with E-state index >= 15 is 0 Å². The molecule has 27 heavy (non-hydrogen) atoms. The molecule has 1 aromatic heterocycles. The Hall–Kier alpha value is -3.60. The molecule has 2 N–H and O–H groups in total. The van der Waals surface area contributed by atoms with Gasteiger partial charge in [0.05, 0.1) is 18.5 Å². The first kappa shape index (κ1) is 19.7. The molecule has 0 spiro atoms. The van der Waals surface area contributed by atoms with Crippen molar-refractivity contribution in [3.63, 3.8) is 0 Å². The van der Waals surface area contributed by atoms with Crippen molar-refractivity contribution in [2.24, 2.45) is 0 Å². The number of benzene rings is 1. The van der Waals surface area contributed by atoms with Gasteiger partial charge in [0.1, 0.15) is 23.9 Å². The van der Waals surface area contributed by atoms with Crippen molar-refractivity contribution in [3.05, 3.63) is 51.4 Å². The topological polar surface area (TPSA) is 113 Å². The molecule has 0 saturated heterocycles. The van der Waals surface area contributed by atoms with E-state index in [-0.39, 0.29) is 18.0 Å². The summed E-state index contributed by atoms with van der Waals surface area (Å²) in [5.41, 5.74) is 1.37. The predicted molar refractivity (Wildman–Crippen MR) is 101 cm³/mol. The highest BCUT2D eigenvalue weighted by Gasteiger charge is 2.15. The molecule has 1 aromatic carbocycles. The highest BCUT2D eigenvalue weighted by molar-refractivity contribution is 5.99. The van der Waals surface area contributed by atoms with Crippen LogP contribution in [0.25, 0.3) is 0 Å². The number of amides is 2. The molecule has 0 aliphatic carbocycles. The van der Waals surface area contributed by atoms with E-state index in [0.717, 1.165) is 0 Å². The van der Waals surface area contributed by atoms with Crippen molar-refractivity contribution >= 4 is 23.2 Å². The normalized spacial score (nSPS) is 10.0. The Bertz CT molecular complexity index is 1000. The fraction of sp³-hybridized carbons (Fsp3) is 0.263. The maximum Gasteiger partial charge on any atom is 0.269 e. The largest absolute Gasteiger partial charge is 0.497 e. The Morgan fingerprint density at radius 2 is 1.89 bits per heavy atom. The van der Waals surface area contributed by atoms with Gasteiger partial charge in [-0.1, -0.05) is 0 Å². The molecule has 0 aliphatic rings. The summed E-state index contributed by atoms with van der Waals surface area (Å²) in [6.45, 7) is 4.45. The molecule has 0 bridgehead atoms. The van der Waals surface area contributed by atoms with Gasteiger partial charge in [-0.05, 0) is 37.6 Å². The monoisotopic (exact) mass is 368 g/mol. The summed E-state index contributed by atoms with van der Waals surface area (Å²) in [7, 11) is 1.48. The smallest absolute Gasteiger partial charge is 0.269 e. The molecule has 140 valence electrons. The first-order valence-electron chi connectivity index (χ1n) is 8.13. The summed E-state index contributed by atoms with van der Waals surface area (Å²) < 4.78 is 6.38. The molecule has 0 atom stereocenters. The van der Waals surface area contributed by atoms with E-state index in [1.165, 1.54) is 18.6 Å². The zero-order chi connectivity index (χ0) is 20.1. The van der Waals surface area contributed by atoms with Crippen LogP contribution in [0.3, 0.4) is 0 Å². The van der Waals surface area contributed by atoms with Gasteiger partial charge in [-0.3, -0.25) is 14.4 Å². The van der Waals surface area contributed by atoms with Crippen LogP contribution < -0.4 is 20.9 Å². The second kappa shape index (κ2) is 8.19. The fourth-order valence-corrected chi connectivity index (χ4v) is 2.65. The average molecular weight is 368 g/mol. The van der Waals surface area contributed by atoms with Crippen molar-refractivity contribution in [1.82, 2.24) is 4.57 Å². The number of anilines is 2. The van der Waals surface area contributed by atoms with Gasteiger partial charge in [0, 0.05) is 18.7 Å². The lowest BCUT2D eigenvalue weighted by molar-refractivity contribution is -0.117. The van der Waals surface area contributed by atoms with Crippen LogP contribution in [0.4, 0.5) is 11.4 Å². The summed E-state index contributed by atoms with van der Waals surface area (Å²) >= 11 is 0. The van der Waals surface area contributed by atoms with Crippen LogP contribution in [0.2, 0.25) is 0 Å². The van der Waals surface area contributed by atoms with Crippen molar-refractivity contribution in [2.45, 2.75) is 27.3 Å². The van der Waals surface area contributed by atoms with Gasteiger partial charge in [0.25, 0.3) is 5.56 Å². The lowest BCUT2D eigenvalue weighted by Gasteiger charge is -2.15. The second-order valence-electron chi connectivity index (χ2n) is 5.99. The van der Waals surface area contributed by atoms with Gasteiger partial charge in [-0.15, -0.1) is 0 Å². The summed E-state index contributed by atoms with van der Waals surface area (Å²) in [5.74, 6) is -0.275. The van der Waals surface area contributed by atoms with E-state index in [4.69, 9.17) is 10.00 Å². The Morgan fingerprint density at radius 1 is 1.19 bits per heavy atom. The van der Waals surface area contributed by atoms with E-state index in [0.29, 0.717) is 28.4 Å². The molecule has 0 aliphatic heterocycles. The maximum absolute atomic E-state index is 12.5. The van der Waals surface area contributed by atoms with Gasteiger partial charge < -0.3 is 19.9 Å². The van der Waals surface area contributed by atoms with Crippen LogP contribution in [-0.4, -0.2) is 23.5 Å². The number of pyridine rings is 1. The van der Waals surface area contributed by atoms with Gasteiger partial charge in [-0.25, -0.2) is 0 Å². The lowest BCUT2D eigenvalue weighted by atomic mass is 10.1. The van der Waals surface area contributed by atoms with Crippen molar-refractivity contribution in [2.75, 3.05) is 17.7 Å². The van der Waals surface area contributed by atoms with E-state index in [2.05, 4.69) is 10.6 Å². The quantitative estimate of drug-likeness (QED) is 0.837. The molecular weight excluding hydrogens is 348 g/mol. The van der Waals surface area contributed by atoms with Crippen molar-refractivity contribution < 1.29 is 14.3 Å². The highest BCUT2D eigenvalue weighted by Crippen LogP contribution is 2.27. The first-order valence-corrected chi connectivity index (χ1v) is 8.13. The Labute approximate surface area is 156 Å². The fourth-order valence-electron chi connectivity index (χ4n) is 2.65. The molecule has 0 radical (unpaired) electrons. The number of carbonyl (C=O) groups is 2. The van der Waals surface area contributed by atoms with Crippen molar-refractivity contribution in [3.8, 4) is 11.8 Å². The zero-order valence-electron chi connectivity index (χ0n) is 15.5. The first-order chi connectivity index (χ1) is 12.8. The van der Waals surface area contributed by atoms with Crippen LogP contribution in [0, 0.1) is 25.2 Å². The number of nitriles is 1. The number of nitrogens with zero attached hydrogens (tertiary/aromatic N) is 2. The number of carbonyl (C=O) groups excluding carboxylic acids is 2. The number of rotatable bonds is 5.